The van der Waals surface area contributed by atoms with E-state index in [1.165, 1.54) is 17.0 Å². The monoisotopic (exact) mass is 290 g/mol. The summed E-state index contributed by atoms with van der Waals surface area (Å²) in [5.74, 6) is 1.00. The van der Waals surface area contributed by atoms with Gasteiger partial charge in [0.1, 0.15) is 5.82 Å². The minimum atomic E-state index is 0.0138. The second kappa shape index (κ2) is 6.89. The first kappa shape index (κ1) is 18.1. The highest BCUT2D eigenvalue weighted by molar-refractivity contribution is 5.34. The van der Waals surface area contributed by atoms with Gasteiger partial charge in [0.2, 0.25) is 0 Å². The molecule has 0 fully saturated rings. The molecule has 1 heterocycles. The predicted molar refractivity (Wildman–Crippen MR) is 92.0 cm³/mol. The molecule has 0 saturated carbocycles. The molecule has 0 spiro atoms. The Morgan fingerprint density at radius 1 is 0.762 bits per heavy atom. The van der Waals surface area contributed by atoms with E-state index in [0.717, 1.165) is 37.9 Å². The van der Waals surface area contributed by atoms with Gasteiger partial charge in [-0.2, -0.15) is 0 Å². The highest BCUT2D eigenvalue weighted by Gasteiger charge is 2.29. The Labute approximate surface area is 131 Å². The van der Waals surface area contributed by atoms with Gasteiger partial charge in [0.15, 0.2) is 0 Å². The van der Waals surface area contributed by atoms with Crippen LogP contribution >= 0.6 is 0 Å². The maximum atomic E-state index is 4.98. The minimum absolute atomic E-state index is 0.0138. The molecule has 120 valence electrons. The van der Waals surface area contributed by atoms with Gasteiger partial charge in [-0.1, -0.05) is 68.2 Å². The normalized spacial score (nSPS) is 12.8. The summed E-state index contributed by atoms with van der Waals surface area (Å²) in [5.41, 5.74) is 4.16. The van der Waals surface area contributed by atoms with E-state index < -0.39 is 0 Å². The van der Waals surface area contributed by atoms with E-state index in [1.54, 1.807) is 0 Å². The van der Waals surface area contributed by atoms with Gasteiger partial charge in [-0.3, -0.25) is 0 Å². The molecule has 0 aliphatic rings. The second-order valence-electron chi connectivity index (χ2n) is 7.80. The molecule has 2 heteroatoms. The van der Waals surface area contributed by atoms with Crippen molar-refractivity contribution < 1.29 is 0 Å². The number of aromatic nitrogens is 2. The Kier molecular flexibility index (Phi) is 5.95. The SMILES string of the molecule is CCCc1nc(C(C)(C)C)nc(CCC)c1C(C)(C)CC. The summed E-state index contributed by atoms with van der Waals surface area (Å²) >= 11 is 0. The summed E-state index contributed by atoms with van der Waals surface area (Å²) in [6, 6.07) is 0. The lowest BCUT2D eigenvalue weighted by Gasteiger charge is -2.30. The fraction of sp³-hybridized carbons (Fsp3) is 0.789. The molecular formula is C19H34N2. The third kappa shape index (κ3) is 4.28. The lowest BCUT2D eigenvalue weighted by molar-refractivity contribution is 0.474. The zero-order valence-electron chi connectivity index (χ0n) is 15.4. The highest BCUT2D eigenvalue weighted by atomic mass is 14.9. The molecule has 0 saturated heterocycles. The van der Waals surface area contributed by atoms with E-state index in [0.29, 0.717) is 0 Å². The lowest BCUT2D eigenvalue weighted by atomic mass is 9.78. The highest BCUT2D eigenvalue weighted by Crippen LogP contribution is 2.34. The van der Waals surface area contributed by atoms with Crippen molar-refractivity contribution in [1.82, 2.24) is 9.97 Å². The molecule has 0 bridgehead atoms. The maximum absolute atomic E-state index is 4.98. The predicted octanol–water partition coefficient (Wildman–Crippen LogP) is 5.37. The average Bonchev–Trinajstić information content (AvgIpc) is 2.37. The van der Waals surface area contributed by atoms with Crippen LogP contribution in [0.2, 0.25) is 0 Å². The van der Waals surface area contributed by atoms with Crippen LogP contribution < -0.4 is 0 Å². The zero-order valence-corrected chi connectivity index (χ0v) is 15.4. The van der Waals surface area contributed by atoms with Gasteiger partial charge < -0.3 is 0 Å². The quantitative estimate of drug-likeness (QED) is 0.704. The molecule has 1 aromatic rings. The molecule has 0 aliphatic carbocycles. The number of hydrogen-bond donors (Lipinski definition) is 0. The third-order valence-corrected chi connectivity index (χ3v) is 4.26. The smallest absolute Gasteiger partial charge is 0.134 e. The summed E-state index contributed by atoms with van der Waals surface area (Å²) in [6.07, 6.45) is 5.51. The topological polar surface area (TPSA) is 25.8 Å². The fourth-order valence-electron chi connectivity index (χ4n) is 2.69. The summed E-state index contributed by atoms with van der Waals surface area (Å²) in [7, 11) is 0. The van der Waals surface area contributed by atoms with Crippen molar-refractivity contribution in [2.75, 3.05) is 0 Å². The average molecular weight is 290 g/mol. The van der Waals surface area contributed by atoms with Crippen LogP contribution in [0.15, 0.2) is 0 Å². The fourth-order valence-corrected chi connectivity index (χ4v) is 2.69. The minimum Gasteiger partial charge on any atom is -0.237 e. The van der Waals surface area contributed by atoms with Gasteiger partial charge in [0.05, 0.1) is 0 Å². The Bertz CT molecular complexity index is 440. The first-order valence-corrected chi connectivity index (χ1v) is 8.58. The first-order valence-electron chi connectivity index (χ1n) is 8.58. The standard InChI is InChI=1S/C19H34N2/c1-9-12-14-16(19(7,8)11-3)15(13-10-2)21-17(20-14)18(4,5)6/h9-13H2,1-8H3. The first-order chi connectivity index (χ1) is 9.67. The summed E-state index contributed by atoms with van der Waals surface area (Å²) < 4.78 is 0. The van der Waals surface area contributed by atoms with Crippen molar-refractivity contribution in [3.8, 4) is 0 Å². The Morgan fingerprint density at radius 3 is 1.48 bits per heavy atom. The maximum Gasteiger partial charge on any atom is 0.134 e. The molecule has 0 radical (unpaired) electrons. The van der Waals surface area contributed by atoms with E-state index in [1.807, 2.05) is 0 Å². The largest absolute Gasteiger partial charge is 0.237 e. The van der Waals surface area contributed by atoms with E-state index in [-0.39, 0.29) is 10.8 Å². The molecule has 2 nitrogen and oxygen atoms in total. The van der Waals surface area contributed by atoms with Gasteiger partial charge >= 0.3 is 0 Å². The second-order valence-corrected chi connectivity index (χ2v) is 7.80. The molecule has 21 heavy (non-hydrogen) atoms. The van der Waals surface area contributed by atoms with E-state index in [2.05, 4.69) is 55.4 Å². The van der Waals surface area contributed by atoms with Crippen LogP contribution in [-0.4, -0.2) is 9.97 Å². The molecule has 0 amide bonds. The van der Waals surface area contributed by atoms with Crippen LogP contribution in [0.1, 0.15) is 97.4 Å². The van der Waals surface area contributed by atoms with Crippen molar-refractivity contribution in [3.63, 3.8) is 0 Å². The molecule has 0 atom stereocenters. The van der Waals surface area contributed by atoms with Crippen molar-refractivity contribution in [2.45, 2.75) is 98.3 Å². The van der Waals surface area contributed by atoms with Crippen molar-refractivity contribution in [3.05, 3.63) is 22.8 Å². The van der Waals surface area contributed by atoms with Crippen LogP contribution in [0, 0.1) is 0 Å². The summed E-state index contributed by atoms with van der Waals surface area (Å²) in [6.45, 7) is 18.0. The molecule has 0 aromatic carbocycles. The number of rotatable bonds is 6. The van der Waals surface area contributed by atoms with Crippen LogP contribution in [-0.2, 0) is 23.7 Å². The van der Waals surface area contributed by atoms with Gasteiger partial charge in [0.25, 0.3) is 0 Å². The van der Waals surface area contributed by atoms with Crippen molar-refractivity contribution in [1.29, 1.82) is 0 Å². The number of hydrogen-bond acceptors (Lipinski definition) is 2. The van der Waals surface area contributed by atoms with E-state index >= 15 is 0 Å². The lowest BCUT2D eigenvalue weighted by Crippen LogP contribution is -2.26. The molecule has 1 rings (SSSR count). The Morgan fingerprint density at radius 2 is 1.19 bits per heavy atom. The van der Waals surface area contributed by atoms with Gasteiger partial charge in [-0.05, 0) is 24.7 Å². The van der Waals surface area contributed by atoms with Gasteiger partial charge in [0, 0.05) is 22.4 Å². The molecule has 0 N–H and O–H groups in total. The van der Waals surface area contributed by atoms with Gasteiger partial charge in [-0.25, -0.2) is 9.97 Å². The van der Waals surface area contributed by atoms with Crippen LogP contribution in [0.25, 0.3) is 0 Å². The molecule has 0 unspecified atom stereocenters. The van der Waals surface area contributed by atoms with E-state index in [4.69, 9.17) is 9.97 Å². The molecule has 0 aliphatic heterocycles. The summed E-state index contributed by atoms with van der Waals surface area (Å²) in [5, 5.41) is 0. The Balaban J connectivity index is 3.58. The molecule has 1 aromatic heterocycles. The summed E-state index contributed by atoms with van der Waals surface area (Å²) in [4.78, 5) is 9.96. The van der Waals surface area contributed by atoms with Crippen LogP contribution in [0.5, 0.6) is 0 Å². The van der Waals surface area contributed by atoms with Gasteiger partial charge in [-0.15, -0.1) is 0 Å². The third-order valence-electron chi connectivity index (χ3n) is 4.26. The number of nitrogens with zero attached hydrogens (tertiary/aromatic N) is 2. The Hall–Kier alpha value is -0.920. The number of aryl methyl sites for hydroxylation is 2. The zero-order chi connectivity index (χ0) is 16.3. The van der Waals surface area contributed by atoms with Crippen LogP contribution in [0.4, 0.5) is 0 Å². The van der Waals surface area contributed by atoms with Crippen LogP contribution in [0.3, 0.4) is 0 Å². The van der Waals surface area contributed by atoms with Crippen molar-refractivity contribution >= 4 is 0 Å². The van der Waals surface area contributed by atoms with Crippen molar-refractivity contribution in [2.24, 2.45) is 0 Å². The van der Waals surface area contributed by atoms with E-state index in [9.17, 15) is 0 Å². The molecular weight excluding hydrogens is 256 g/mol.